The number of aromatic nitrogens is 1. The minimum absolute atomic E-state index is 0.572. The standard InChI is InChI=1S/C13H22N4/c1-3-16-4-6-17(7-5-16)13-8-11(2)12(9-14)10-15-13/h8,10H,3-7,9,14H2,1-2H3. The molecule has 1 aliphatic rings. The predicted octanol–water partition coefficient (Wildman–Crippen LogP) is 0.991. The largest absolute Gasteiger partial charge is 0.354 e. The number of anilines is 1. The molecular weight excluding hydrogens is 212 g/mol. The number of hydrogen-bond acceptors (Lipinski definition) is 4. The number of hydrogen-bond donors (Lipinski definition) is 1. The number of likely N-dealkylation sites (N-methyl/N-ethyl adjacent to an activating group) is 1. The van der Waals surface area contributed by atoms with Crippen molar-refractivity contribution < 1.29 is 0 Å². The van der Waals surface area contributed by atoms with Crippen LogP contribution < -0.4 is 10.6 Å². The quantitative estimate of drug-likeness (QED) is 0.847. The Bertz CT molecular complexity index is 370. The van der Waals surface area contributed by atoms with Crippen molar-refractivity contribution in [3.05, 3.63) is 23.4 Å². The van der Waals surface area contributed by atoms with Crippen molar-refractivity contribution >= 4 is 5.82 Å². The fraction of sp³-hybridized carbons (Fsp3) is 0.615. The van der Waals surface area contributed by atoms with Crippen LogP contribution in [-0.4, -0.2) is 42.6 Å². The first-order valence-electron chi connectivity index (χ1n) is 6.37. The van der Waals surface area contributed by atoms with Crippen LogP contribution in [0.4, 0.5) is 5.82 Å². The fourth-order valence-electron chi connectivity index (χ4n) is 2.25. The van der Waals surface area contributed by atoms with Gasteiger partial charge in [0.15, 0.2) is 0 Å². The van der Waals surface area contributed by atoms with Crippen molar-refractivity contribution in [1.82, 2.24) is 9.88 Å². The lowest BCUT2D eigenvalue weighted by Crippen LogP contribution is -2.46. The van der Waals surface area contributed by atoms with Crippen molar-refractivity contribution in [2.45, 2.75) is 20.4 Å². The van der Waals surface area contributed by atoms with Crippen molar-refractivity contribution in [3.8, 4) is 0 Å². The summed E-state index contributed by atoms with van der Waals surface area (Å²) in [5.74, 6) is 1.09. The van der Waals surface area contributed by atoms with Gasteiger partial charge in [-0.1, -0.05) is 6.92 Å². The Kier molecular flexibility index (Phi) is 3.97. The van der Waals surface area contributed by atoms with Crippen LogP contribution in [0.5, 0.6) is 0 Å². The van der Waals surface area contributed by atoms with Gasteiger partial charge in [-0.3, -0.25) is 0 Å². The molecule has 0 saturated carbocycles. The number of nitrogens with zero attached hydrogens (tertiary/aromatic N) is 3. The molecule has 0 radical (unpaired) electrons. The van der Waals surface area contributed by atoms with E-state index in [0.717, 1.165) is 44.1 Å². The van der Waals surface area contributed by atoms with Gasteiger partial charge < -0.3 is 15.5 Å². The maximum Gasteiger partial charge on any atom is 0.128 e. The molecule has 1 fully saturated rings. The SMILES string of the molecule is CCN1CCN(c2cc(C)c(CN)cn2)CC1. The van der Waals surface area contributed by atoms with E-state index in [-0.39, 0.29) is 0 Å². The van der Waals surface area contributed by atoms with Crippen molar-refractivity contribution in [2.24, 2.45) is 5.73 Å². The van der Waals surface area contributed by atoms with Crippen LogP contribution in [0.15, 0.2) is 12.3 Å². The molecule has 0 bridgehead atoms. The van der Waals surface area contributed by atoms with Gasteiger partial charge in [0.25, 0.3) is 0 Å². The zero-order valence-corrected chi connectivity index (χ0v) is 10.8. The monoisotopic (exact) mass is 234 g/mol. The van der Waals surface area contributed by atoms with Gasteiger partial charge in [0.1, 0.15) is 5.82 Å². The van der Waals surface area contributed by atoms with Crippen LogP contribution in [0.2, 0.25) is 0 Å². The van der Waals surface area contributed by atoms with Gasteiger partial charge >= 0.3 is 0 Å². The van der Waals surface area contributed by atoms with E-state index in [1.165, 1.54) is 5.56 Å². The maximum atomic E-state index is 5.66. The number of aryl methyl sites for hydroxylation is 1. The molecule has 17 heavy (non-hydrogen) atoms. The highest BCUT2D eigenvalue weighted by molar-refractivity contribution is 5.43. The molecule has 0 amide bonds. The predicted molar refractivity (Wildman–Crippen MR) is 71.2 cm³/mol. The third-order valence-corrected chi connectivity index (χ3v) is 3.57. The summed E-state index contributed by atoms with van der Waals surface area (Å²) in [7, 11) is 0. The Morgan fingerprint density at radius 1 is 1.29 bits per heavy atom. The highest BCUT2D eigenvalue weighted by atomic mass is 15.3. The first kappa shape index (κ1) is 12.3. The lowest BCUT2D eigenvalue weighted by atomic mass is 10.1. The topological polar surface area (TPSA) is 45.4 Å². The Labute approximate surface area is 103 Å². The number of pyridine rings is 1. The van der Waals surface area contributed by atoms with Crippen LogP contribution in [0, 0.1) is 6.92 Å². The molecule has 0 atom stereocenters. The van der Waals surface area contributed by atoms with Crippen molar-refractivity contribution in [3.63, 3.8) is 0 Å². The highest BCUT2D eigenvalue weighted by Crippen LogP contribution is 2.17. The van der Waals surface area contributed by atoms with E-state index < -0.39 is 0 Å². The molecule has 1 aromatic rings. The Balaban J connectivity index is 2.06. The van der Waals surface area contributed by atoms with E-state index in [9.17, 15) is 0 Å². The minimum atomic E-state index is 0.572. The van der Waals surface area contributed by atoms with Gasteiger partial charge in [-0.15, -0.1) is 0 Å². The molecule has 1 saturated heterocycles. The van der Waals surface area contributed by atoms with Gasteiger partial charge in [-0.25, -0.2) is 4.98 Å². The molecule has 0 aromatic carbocycles. The normalized spacial score (nSPS) is 17.5. The second-order valence-electron chi connectivity index (χ2n) is 4.59. The van der Waals surface area contributed by atoms with Gasteiger partial charge in [0, 0.05) is 38.9 Å². The van der Waals surface area contributed by atoms with E-state index in [4.69, 9.17) is 5.73 Å². The minimum Gasteiger partial charge on any atom is -0.354 e. The molecule has 0 aliphatic carbocycles. The maximum absolute atomic E-state index is 5.66. The van der Waals surface area contributed by atoms with Gasteiger partial charge in [0.05, 0.1) is 0 Å². The Morgan fingerprint density at radius 3 is 2.53 bits per heavy atom. The molecule has 1 aromatic heterocycles. The summed E-state index contributed by atoms with van der Waals surface area (Å²) in [5, 5.41) is 0. The lowest BCUT2D eigenvalue weighted by molar-refractivity contribution is 0.270. The zero-order chi connectivity index (χ0) is 12.3. The average molecular weight is 234 g/mol. The summed E-state index contributed by atoms with van der Waals surface area (Å²) in [5.41, 5.74) is 8.04. The second-order valence-corrected chi connectivity index (χ2v) is 4.59. The summed E-state index contributed by atoms with van der Waals surface area (Å²) in [6.45, 7) is 10.5. The van der Waals surface area contributed by atoms with Crippen LogP contribution in [0.25, 0.3) is 0 Å². The van der Waals surface area contributed by atoms with Crippen molar-refractivity contribution in [1.29, 1.82) is 0 Å². The first-order chi connectivity index (χ1) is 8.24. The average Bonchev–Trinajstić information content (AvgIpc) is 2.39. The summed E-state index contributed by atoms with van der Waals surface area (Å²) in [4.78, 5) is 9.34. The van der Waals surface area contributed by atoms with E-state index >= 15 is 0 Å². The molecule has 2 N–H and O–H groups in total. The summed E-state index contributed by atoms with van der Waals surface area (Å²) in [6, 6.07) is 2.16. The molecule has 1 aliphatic heterocycles. The lowest BCUT2D eigenvalue weighted by Gasteiger charge is -2.35. The van der Waals surface area contributed by atoms with Crippen LogP contribution in [-0.2, 0) is 6.54 Å². The molecule has 2 rings (SSSR count). The summed E-state index contributed by atoms with van der Waals surface area (Å²) < 4.78 is 0. The van der Waals surface area contributed by atoms with Crippen LogP contribution in [0.1, 0.15) is 18.1 Å². The Hall–Kier alpha value is -1.13. The molecule has 94 valence electrons. The first-order valence-corrected chi connectivity index (χ1v) is 6.37. The smallest absolute Gasteiger partial charge is 0.128 e. The molecule has 0 spiro atoms. The zero-order valence-electron chi connectivity index (χ0n) is 10.8. The summed E-state index contributed by atoms with van der Waals surface area (Å²) in [6.07, 6.45) is 1.91. The second kappa shape index (κ2) is 5.47. The van der Waals surface area contributed by atoms with Gasteiger partial charge in [0.2, 0.25) is 0 Å². The summed E-state index contributed by atoms with van der Waals surface area (Å²) >= 11 is 0. The molecular formula is C13H22N4. The van der Waals surface area contributed by atoms with E-state index in [2.05, 4.69) is 34.7 Å². The van der Waals surface area contributed by atoms with E-state index in [1.54, 1.807) is 0 Å². The van der Waals surface area contributed by atoms with Gasteiger partial charge in [-0.2, -0.15) is 0 Å². The third-order valence-electron chi connectivity index (χ3n) is 3.57. The van der Waals surface area contributed by atoms with Crippen molar-refractivity contribution in [2.75, 3.05) is 37.6 Å². The molecule has 2 heterocycles. The third kappa shape index (κ3) is 2.76. The molecule has 4 heteroatoms. The van der Waals surface area contributed by atoms with Crippen LogP contribution in [0.3, 0.4) is 0 Å². The number of rotatable bonds is 3. The fourth-order valence-corrected chi connectivity index (χ4v) is 2.25. The van der Waals surface area contributed by atoms with E-state index in [1.807, 2.05) is 6.20 Å². The van der Waals surface area contributed by atoms with E-state index in [0.29, 0.717) is 6.54 Å². The number of nitrogens with two attached hydrogens (primary N) is 1. The van der Waals surface area contributed by atoms with Gasteiger partial charge in [-0.05, 0) is 30.7 Å². The number of piperazine rings is 1. The molecule has 4 nitrogen and oxygen atoms in total. The molecule has 0 unspecified atom stereocenters. The Morgan fingerprint density at radius 2 is 2.00 bits per heavy atom. The highest BCUT2D eigenvalue weighted by Gasteiger charge is 2.16. The van der Waals surface area contributed by atoms with Crippen LogP contribution >= 0.6 is 0 Å².